The van der Waals surface area contributed by atoms with Crippen LogP contribution in [-0.2, 0) is 11.8 Å². The van der Waals surface area contributed by atoms with Gasteiger partial charge in [0.1, 0.15) is 0 Å². The van der Waals surface area contributed by atoms with Gasteiger partial charge in [0, 0.05) is 17.4 Å². The maximum atomic E-state index is 12.7. The molecule has 0 heterocycles. The Morgan fingerprint density at radius 2 is 1.46 bits per heavy atom. The van der Waals surface area contributed by atoms with E-state index in [1.807, 2.05) is 0 Å². The zero-order chi connectivity index (χ0) is 18.2. The predicted molar refractivity (Wildman–Crippen MR) is 108 cm³/mol. The number of Topliss-reactive ketones (excluding diaryl/α,β-unsaturated/α-hetero) is 1. The van der Waals surface area contributed by atoms with Crippen molar-refractivity contribution in [1.82, 2.24) is 0 Å². The molecule has 1 heteroatoms. The van der Waals surface area contributed by atoms with Gasteiger partial charge >= 0.3 is 0 Å². The van der Waals surface area contributed by atoms with E-state index >= 15 is 0 Å². The van der Waals surface area contributed by atoms with Crippen LogP contribution >= 0.6 is 0 Å². The first-order chi connectivity index (χ1) is 12.4. The molecule has 1 nitrogen and oxygen atoms in total. The summed E-state index contributed by atoms with van der Waals surface area (Å²) in [6, 6.07) is 13.4. The quantitative estimate of drug-likeness (QED) is 0.470. The highest BCUT2D eigenvalue weighted by Crippen LogP contribution is 2.54. The summed E-state index contributed by atoms with van der Waals surface area (Å²) >= 11 is 0. The summed E-state index contributed by atoms with van der Waals surface area (Å²) in [4.78, 5) is 12.7. The number of fused-ring (bicyclic) bond motifs is 7. The fraction of sp³-hybridized carbons (Fsp3) is 0.320. The minimum atomic E-state index is -0.0280. The maximum Gasteiger partial charge on any atom is 0.163 e. The van der Waals surface area contributed by atoms with E-state index in [1.165, 1.54) is 44.2 Å². The average Bonchev–Trinajstić information content (AvgIpc) is 2.83. The van der Waals surface area contributed by atoms with Gasteiger partial charge in [-0.15, -0.1) is 0 Å². The van der Waals surface area contributed by atoms with Crippen LogP contribution in [-0.4, -0.2) is 5.78 Å². The lowest BCUT2D eigenvalue weighted by molar-refractivity contribution is 0.0972. The molecule has 0 aromatic heterocycles. The van der Waals surface area contributed by atoms with Crippen molar-refractivity contribution in [3.05, 3.63) is 69.8 Å². The number of rotatable bonds is 0. The Balaban J connectivity index is 2.00. The number of benzene rings is 3. The van der Waals surface area contributed by atoms with Crippen molar-refractivity contribution in [2.45, 2.75) is 52.4 Å². The largest absolute Gasteiger partial charge is 0.294 e. The van der Waals surface area contributed by atoms with Crippen molar-refractivity contribution < 1.29 is 4.79 Å². The van der Waals surface area contributed by atoms with Gasteiger partial charge in [-0.05, 0) is 76.4 Å². The lowest BCUT2D eigenvalue weighted by atomic mass is 9.78. The SMILES string of the molecule is Cc1cc2c(c3c1C(=O)CCC3)-c1c(cc(C)c3ccccc13)C2(C)C. The Hall–Kier alpha value is -2.41. The van der Waals surface area contributed by atoms with E-state index in [0.717, 1.165) is 24.0 Å². The zero-order valence-electron chi connectivity index (χ0n) is 16.0. The van der Waals surface area contributed by atoms with Gasteiger partial charge in [0.15, 0.2) is 5.78 Å². The third-order valence-electron chi connectivity index (χ3n) is 6.59. The lowest BCUT2D eigenvalue weighted by Crippen LogP contribution is -2.18. The van der Waals surface area contributed by atoms with Crippen LogP contribution in [0.15, 0.2) is 36.4 Å². The Bertz CT molecular complexity index is 1110. The summed E-state index contributed by atoms with van der Waals surface area (Å²) in [5.74, 6) is 0.328. The normalized spacial score (nSPS) is 17.2. The fourth-order valence-electron chi connectivity index (χ4n) is 5.32. The molecular formula is C25H24O. The summed E-state index contributed by atoms with van der Waals surface area (Å²) in [6.07, 6.45) is 2.68. The molecular weight excluding hydrogens is 316 g/mol. The van der Waals surface area contributed by atoms with Crippen molar-refractivity contribution in [2.24, 2.45) is 0 Å². The van der Waals surface area contributed by atoms with Gasteiger partial charge in [-0.2, -0.15) is 0 Å². The lowest BCUT2D eigenvalue weighted by Gasteiger charge is -2.25. The third kappa shape index (κ3) is 1.84. The summed E-state index contributed by atoms with van der Waals surface area (Å²) in [5, 5.41) is 2.66. The smallest absolute Gasteiger partial charge is 0.163 e. The van der Waals surface area contributed by atoms with E-state index in [2.05, 4.69) is 64.1 Å². The number of ketones is 1. The highest BCUT2D eigenvalue weighted by atomic mass is 16.1. The molecule has 0 saturated carbocycles. The molecule has 5 rings (SSSR count). The van der Waals surface area contributed by atoms with E-state index in [1.54, 1.807) is 0 Å². The number of aryl methyl sites for hydroxylation is 2. The van der Waals surface area contributed by atoms with Gasteiger partial charge in [-0.1, -0.05) is 50.2 Å². The fourth-order valence-corrected chi connectivity index (χ4v) is 5.32. The van der Waals surface area contributed by atoms with Crippen LogP contribution in [0.4, 0.5) is 0 Å². The Morgan fingerprint density at radius 3 is 2.23 bits per heavy atom. The van der Waals surface area contributed by atoms with Crippen molar-refractivity contribution in [3.8, 4) is 11.1 Å². The molecule has 0 saturated heterocycles. The molecule has 0 unspecified atom stereocenters. The molecule has 26 heavy (non-hydrogen) atoms. The third-order valence-corrected chi connectivity index (χ3v) is 6.59. The number of carbonyl (C=O) groups excluding carboxylic acids is 1. The first-order valence-electron chi connectivity index (χ1n) is 9.64. The summed E-state index contributed by atoms with van der Waals surface area (Å²) in [6.45, 7) is 9.00. The Kier molecular flexibility index (Phi) is 3.08. The molecule has 2 aliphatic rings. The Morgan fingerprint density at radius 1 is 0.808 bits per heavy atom. The van der Waals surface area contributed by atoms with Crippen molar-refractivity contribution in [3.63, 3.8) is 0 Å². The molecule has 2 aliphatic carbocycles. The first kappa shape index (κ1) is 15.8. The number of carbonyl (C=O) groups is 1. The number of hydrogen-bond acceptors (Lipinski definition) is 1. The molecule has 130 valence electrons. The second kappa shape index (κ2) is 5.07. The monoisotopic (exact) mass is 340 g/mol. The first-order valence-corrected chi connectivity index (χ1v) is 9.64. The van der Waals surface area contributed by atoms with E-state index < -0.39 is 0 Å². The van der Waals surface area contributed by atoms with E-state index in [0.29, 0.717) is 12.2 Å². The summed E-state index contributed by atoms with van der Waals surface area (Å²) < 4.78 is 0. The van der Waals surface area contributed by atoms with Gasteiger partial charge in [-0.25, -0.2) is 0 Å². The second-order valence-corrected chi connectivity index (χ2v) is 8.53. The summed E-state index contributed by atoms with van der Waals surface area (Å²) in [5.41, 5.74) is 10.3. The van der Waals surface area contributed by atoms with Crippen LogP contribution in [0, 0.1) is 13.8 Å². The molecule has 0 spiro atoms. The van der Waals surface area contributed by atoms with Crippen LogP contribution in [0.5, 0.6) is 0 Å². The van der Waals surface area contributed by atoms with Crippen LogP contribution < -0.4 is 0 Å². The zero-order valence-corrected chi connectivity index (χ0v) is 16.0. The van der Waals surface area contributed by atoms with Gasteiger partial charge < -0.3 is 0 Å². The van der Waals surface area contributed by atoms with Crippen LogP contribution in [0.25, 0.3) is 21.9 Å². The van der Waals surface area contributed by atoms with Gasteiger partial charge in [0.2, 0.25) is 0 Å². The van der Waals surface area contributed by atoms with Crippen molar-refractivity contribution in [1.29, 1.82) is 0 Å². The molecule has 0 amide bonds. The molecule has 0 radical (unpaired) electrons. The van der Waals surface area contributed by atoms with Crippen LogP contribution in [0.2, 0.25) is 0 Å². The van der Waals surface area contributed by atoms with Gasteiger partial charge in [-0.3, -0.25) is 4.79 Å². The minimum Gasteiger partial charge on any atom is -0.294 e. The maximum absolute atomic E-state index is 12.7. The molecule has 3 aromatic rings. The standard InChI is InChI=1S/C25H24O/c1-14-12-19-23(17-9-6-5-8-16(14)17)24-18-10-7-11-21(26)22(18)15(2)13-20(24)25(19,3)4/h5-6,8-9,12-13H,7,10-11H2,1-4H3. The van der Waals surface area contributed by atoms with Crippen molar-refractivity contribution >= 4 is 16.6 Å². The minimum absolute atomic E-state index is 0.0280. The predicted octanol–water partition coefficient (Wildman–Crippen LogP) is 6.28. The van der Waals surface area contributed by atoms with Gasteiger partial charge in [0.05, 0.1) is 0 Å². The molecule has 0 aliphatic heterocycles. The molecule has 0 atom stereocenters. The molecule has 0 bridgehead atoms. The number of hydrogen-bond donors (Lipinski definition) is 0. The van der Waals surface area contributed by atoms with Gasteiger partial charge in [0.25, 0.3) is 0 Å². The molecule has 0 N–H and O–H groups in total. The average molecular weight is 340 g/mol. The molecule has 0 fully saturated rings. The highest BCUT2D eigenvalue weighted by molar-refractivity contribution is 6.08. The van der Waals surface area contributed by atoms with E-state index in [-0.39, 0.29) is 5.41 Å². The van der Waals surface area contributed by atoms with Crippen molar-refractivity contribution in [2.75, 3.05) is 0 Å². The van der Waals surface area contributed by atoms with E-state index in [4.69, 9.17) is 0 Å². The Labute approximate surface area is 155 Å². The van der Waals surface area contributed by atoms with Crippen LogP contribution in [0.3, 0.4) is 0 Å². The topological polar surface area (TPSA) is 17.1 Å². The van der Waals surface area contributed by atoms with Crippen LogP contribution in [0.1, 0.15) is 64.9 Å². The highest BCUT2D eigenvalue weighted by Gasteiger charge is 2.40. The van der Waals surface area contributed by atoms with E-state index in [9.17, 15) is 4.79 Å². The molecule has 3 aromatic carbocycles. The summed E-state index contributed by atoms with van der Waals surface area (Å²) in [7, 11) is 0. The second-order valence-electron chi connectivity index (χ2n) is 8.53.